The molecule has 0 unspecified atom stereocenters. The normalized spacial score (nSPS) is 29.9. The second kappa shape index (κ2) is 8.53. The molecule has 0 aromatic heterocycles. The van der Waals surface area contributed by atoms with Crippen LogP contribution in [0.15, 0.2) is 0 Å². The van der Waals surface area contributed by atoms with Gasteiger partial charge in [-0.3, -0.25) is 0 Å². The maximum Gasteiger partial charge on any atom is 0.0655 e. The van der Waals surface area contributed by atoms with Gasteiger partial charge in [-0.05, 0) is 44.4 Å². The van der Waals surface area contributed by atoms with E-state index in [1.54, 1.807) is 0 Å². The number of hydrogen-bond acceptors (Lipinski definition) is 2. The van der Waals surface area contributed by atoms with Gasteiger partial charge >= 0.3 is 0 Å². The first-order valence-corrected chi connectivity index (χ1v) is 7.18. The minimum absolute atomic E-state index is 0.392. The first-order valence-electron chi connectivity index (χ1n) is 7.18. The van der Waals surface area contributed by atoms with Gasteiger partial charge in [0.25, 0.3) is 0 Å². The van der Waals surface area contributed by atoms with Crippen molar-refractivity contribution in [3.05, 3.63) is 0 Å². The molecule has 17 heavy (non-hydrogen) atoms. The Hall–Kier alpha value is -0.550. The Kier molecular flexibility index (Phi) is 7.28. The number of rotatable bonds is 1. The van der Waals surface area contributed by atoms with Crippen LogP contribution in [0.4, 0.5) is 0 Å². The predicted molar refractivity (Wildman–Crippen MR) is 70.6 cm³/mol. The fraction of sp³-hybridized carbons (Fsp3) is 0.933. The van der Waals surface area contributed by atoms with Crippen LogP contribution < -0.4 is 0 Å². The first-order chi connectivity index (χ1) is 8.26. The highest BCUT2D eigenvalue weighted by molar-refractivity contribution is 4.84. The van der Waals surface area contributed by atoms with Crippen molar-refractivity contribution >= 4 is 0 Å². The van der Waals surface area contributed by atoms with Gasteiger partial charge in [0.15, 0.2) is 0 Å². The molecule has 2 heteroatoms. The Morgan fingerprint density at radius 2 is 1.53 bits per heavy atom. The van der Waals surface area contributed by atoms with Crippen molar-refractivity contribution in [2.45, 2.75) is 70.8 Å². The minimum atomic E-state index is 0.392. The highest BCUT2D eigenvalue weighted by Gasteiger charge is 2.16. The molecule has 0 aromatic carbocycles. The molecule has 98 valence electrons. The summed E-state index contributed by atoms with van der Waals surface area (Å²) in [7, 11) is 1.82. The van der Waals surface area contributed by atoms with Crippen LogP contribution in [0.3, 0.4) is 0 Å². The number of methoxy groups -OCH3 is 1. The number of nitriles is 1. The topological polar surface area (TPSA) is 33.0 Å². The summed E-state index contributed by atoms with van der Waals surface area (Å²) in [5.74, 6) is 1.33. The smallest absolute Gasteiger partial charge is 0.0655 e. The third-order valence-electron chi connectivity index (χ3n) is 4.08. The van der Waals surface area contributed by atoms with E-state index < -0.39 is 0 Å². The molecular weight excluding hydrogens is 210 g/mol. The van der Waals surface area contributed by atoms with Crippen LogP contribution >= 0.6 is 0 Å². The van der Waals surface area contributed by atoms with Crippen molar-refractivity contribution < 1.29 is 4.74 Å². The highest BCUT2D eigenvalue weighted by atomic mass is 16.5. The van der Waals surface area contributed by atoms with Crippen molar-refractivity contribution in [1.82, 2.24) is 0 Å². The maximum atomic E-state index is 8.44. The van der Waals surface area contributed by atoms with Gasteiger partial charge in [-0.15, -0.1) is 0 Å². The van der Waals surface area contributed by atoms with Gasteiger partial charge in [-0.1, -0.05) is 26.2 Å². The average molecular weight is 237 g/mol. The summed E-state index contributed by atoms with van der Waals surface area (Å²) < 4.78 is 5.24. The summed E-state index contributed by atoms with van der Waals surface area (Å²) in [4.78, 5) is 0. The Bertz CT molecular complexity index is 220. The quantitative estimate of drug-likeness (QED) is 0.681. The third-order valence-corrected chi connectivity index (χ3v) is 4.08. The van der Waals surface area contributed by atoms with E-state index >= 15 is 0 Å². The summed E-state index contributed by atoms with van der Waals surface area (Å²) in [5.41, 5.74) is 0. The minimum Gasteiger partial charge on any atom is -0.381 e. The molecule has 2 rings (SSSR count). The van der Waals surface area contributed by atoms with Crippen molar-refractivity contribution in [3.8, 4) is 6.07 Å². The molecule has 0 radical (unpaired) electrons. The van der Waals surface area contributed by atoms with Crippen LogP contribution in [0.5, 0.6) is 0 Å². The lowest BCUT2D eigenvalue weighted by molar-refractivity contribution is 0.0593. The zero-order valence-electron chi connectivity index (χ0n) is 11.5. The predicted octanol–water partition coefficient (Wildman–Crippen LogP) is 4.30. The lowest BCUT2D eigenvalue weighted by Crippen LogP contribution is -2.18. The molecule has 0 amide bonds. The van der Waals surface area contributed by atoms with E-state index in [4.69, 9.17) is 10.00 Å². The molecule has 2 nitrogen and oxygen atoms in total. The van der Waals surface area contributed by atoms with Crippen molar-refractivity contribution in [1.29, 1.82) is 5.26 Å². The molecule has 0 aromatic rings. The van der Waals surface area contributed by atoms with Crippen LogP contribution in [0, 0.1) is 23.2 Å². The van der Waals surface area contributed by atoms with Crippen LogP contribution in [0.2, 0.25) is 0 Å². The van der Waals surface area contributed by atoms with Crippen molar-refractivity contribution in [2.24, 2.45) is 11.8 Å². The monoisotopic (exact) mass is 237 g/mol. The van der Waals surface area contributed by atoms with Gasteiger partial charge in [0.1, 0.15) is 0 Å². The summed E-state index contributed by atoms with van der Waals surface area (Å²) in [6.45, 7) is 2.33. The molecular formula is C15H27NO. The standard InChI is InChI=1S/C8H16O.C7H11N/c1-7-3-5-8(9-2)6-4-7;8-6-7-4-2-1-3-5-7/h7-8H,3-6H2,1-2H3;7H,1-5H2. The second-order valence-electron chi connectivity index (χ2n) is 5.58. The van der Waals surface area contributed by atoms with Crippen LogP contribution in [-0.2, 0) is 4.74 Å². The maximum absolute atomic E-state index is 8.44. The van der Waals surface area contributed by atoms with Gasteiger partial charge in [-0.2, -0.15) is 5.26 Å². The molecule has 0 aliphatic heterocycles. The van der Waals surface area contributed by atoms with Gasteiger partial charge in [0.05, 0.1) is 12.2 Å². The summed E-state index contributed by atoms with van der Waals surface area (Å²) in [5, 5.41) is 8.44. The average Bonchev–Trinajstić information content (AvgIpc) is 2.41. The lowest BCUT2D eigenvalue weighted by Gasteiger charge is -2.24. The van der Waals surface area contributed by atoms with Crippen molar-refractivity contribution in [3.63, 3.8) is 0 Å². The van der Waals surface area contributed by atoms with Gasteiger partial charge in [-0.25, -0.2) is 0 Å². The lowest BCUT2D eigenvalue weighted by atomic mass is 9.89. The number of hydrogen-bond donors (Lipinski definition) is 0. The van der Waals surface area contributed by atoms with Gasteiger partial charge in [0.2, 0.25) is 0 Å². The van der Waals surface area contributed by atoms with Crippen molar-refractivity contribution in [2.75, 3.05) is 7.11 Å². The molecule has 0 saturated heterocycles. The fourth-order valence-corrected chi connectivity index (χ4v) is 2.70. The molecule has 0 bridgehead atoms. The summed E-state index contributed by atoms with van der Waals surface area (Å²) >= 11 is 0. The van der Waals surface area contributed by atoms with E-state index in [1.807, 2.05) is 7.11 Å². The van der Waals surface area contributed by atoms with E-state index in [9.17, 15) is 0 Å². The Balaban J connectivity index is 0.000000171. The second-order valence-corrected chi connectivity index (χ2v) is 5.58. The largest absolute Gasteiger partial charge is 0.381 e. The van der Waals surface area contributed by atoms with E-state index in [-0.39, 0.29) is 0 Å². The van der Waals surface area contributed by atoms with Crippen LogP contribution in [0.1, 0.15) is 64.7 Å². The molecule has 0 atom stereocenters. The zero-order valence-corrected chi connectivity index (χ0v) is 11.5. The molecule has 0 spiro atoms. The van der Waals surface area contributed by atoms with Crippen LogP contribution in [-0.4, -0.2) is 13.2 Å². The van der Waals surface area contributed by atoms with Gasteiger partial charge < -0.3 is 4.74 Å². The summed E-state index contributed by atoms with van der Waals surface area (Å²) in [6.07, 6.45) is 12.0. The molecule has 2 fully saturated rings. The van der Waals surface area contributed by atoms with Gasteiger partial charge in [0, 0.05) is 13.0 Å². The third kappa shape index (κ3) is 6.07. The summed E-state index contributed by atoms with van der Waals surface area (Å²) in [6, 6.07) is 2.30. The highest BCUT2D eigenvalue weighted by Crippen LogP contribution is 2.24. The Labute approximate surface area is 106 Å². The molecule has 2 aliphatic carbocycles. The fourth-order valence-electron chi connectivity index (χ4n) is 2.70. The van der Waals surface area contributed by atoms with E-state index in [2.05, 4.69) is 13.0 Å². The SMILES string of the molecule is COC1CCC(C)CC1.N#CC1CCCCC1. The first kappa shape index (κ1) is 14.5. The van der Waals surface area contributed by atoms with Crippen LogP contribution in [0.25, 0.3) is 0 Å². The Morgan fingerprint density at radius 1 is 0.941 bits per heavy atom. The number of ether oxygens (including phenoxy) is 1. The van der Waals surface area contributed by atoms with E-state index in [0.29, 0.717) is 12.0 Å². The van der Waals surface area contributed by atoms with E-state index in [0.717, 1.165) is 18.8 Å². The molecule has 2 aliphatic rings. The number of nitrogens with zero attached hydrogens (tertiary/aromatic N) is 1. The van der Waals surface area contributed by atoms with E-state index in [1.165, 1.54) is 44.9 Å². The zero-order chi connectivity index (χ0) is 12.5. The molecule has 0 N–H and O–H groups in total. The molecule has 0 heterocycles. The Morgan fingerprint density at radius 3 is 1.94 bits per heavy atom. The molecule has 2 saturated carbocycles.